The Kier molecular flexibility index (Phi) is 6.32. The van der Waals surface area contributed by atoms with Crippen molar-refractivity contribution >= 4 is 29.1 Å². The number of halogens is 2. The molecule has 0 fully saturated rings. The monoisotopic (exact) mass is 333 g/mol. The summed E-state index contributed by atoms with van der Waals surface area (Å²) in [6.07, 6.45) is 0.479. The van der Waals surface area contributed by atoms with Gasteiger partial charge in [0.05, 0.1) is 17.2 Å². The summed E-state index contributed by atoms with van der Waals surface area (Å²) in [5.74, 6) is 0.0624. The van der Waals surface area contributed by atoms with Crippen molar-refractivity contribution in [2.75, 3.05) is 13.7 Å². The molecule has 0 aliphatic carbocycles. The smallest absolute Gasteiger partial charge is 0.251 e. The number of carbonyl (C=O) groups excluding carboxylic acids is 1. The van der Waals surface area contributed by atoms with Crippen molar-refractivity contribution in [3.05, 3.63) is 27.7 Å². The second-order valence-corrected chi connectivity index (χ2v) is 6.69. The average Bonchev–Trinajstić information content (AvgIpc) is 2.36. The van der Waals surface area contributed by atoms with Gasteiger partial charge in [-0.15, -0.1) is 0 Å². The average molecular weight is 334 g/mol. The lowest BCUT2D eigenvalue weighted by Crippen LogP contribution is -2.44. The Labute approximate surface area is 135 Å². The standard InChI is InChI=1S/C15H21Cl2NO3/c1-15(2,3)12(5-6-19)18-14(20)9-7-10(16)13(21-4)11(17)8-9/h7-8,12,19H,5-6H2,1-4H3,(H,18,20). The number of nitrogens with one attached hydrogen (secondary N) is 1. The van der Waals surface area contributed by atoms with Gasteiger partial charge >= 0.3 is 0 Å². The van der Waals surface area contributed by atoms with Crippen LogP contribution in [0.25, 0.3) is 0 Å². The number of amides is 1. The van der Waals surface area contributed by atoms with E-state index in [9.17, 15) is 4.79 Å². The molecule has 1 unspecified atom stereocenters. The van der Waals surface area contributed by atoms with E-state index < -0.39 is 0 Å². The highest BCUT2D eigenvalue weighted by atomic mass is 35.5. The summed E-state index contributed by atoms with van der Waals surface area (Å²) in [5, 5.41) is 12.6. The molecule has 118 valence electrons. The number of benzene rings is 1. The number of methoxy groups -OCH3 is 1. The zero-order valence-corrected chi connectivity index (χ0v) is 14.2. The third-order valence-electron chi connectivity index (χ3n) is 3.23. The maximum Gasteiger partial charge on any atom is 0.251 e. The molecule has 1 aromatic rings. The Hall–Kier alpha value is -0.970. The normalized spacial score (nSPS) is 12.9. The number of aliphatic hydroxyl groups is 1. The van der Waals surface area contributed by atoms with Gasteiger partial charge in [-0.2, -0.15) is 0 Å². The molecule has 1 atom stereocenters. The Morgan fingerprint density at radius 2 is 1.86 bits per heavy atom. The number of hydrogen-bond acceptors (Lipinski definition) is 3. The minimum atomic E-state index is -0.283. The molecule has 4 nitrogen and oxygen atoms in total. The Morgan fingerprint density at radius 1 is 1.33 bits per heavy atom. The maximum absolute atomic E-state index is 12.3. The van der Waals surface area contributed by atoms with E-state index in [0.29, 0.717) is 17.7 Å². The summed E-state index contributed by atoms with van der Waals surface area (Å²) in [6.45, 7) is 6.01. The lowest BCUT2D eigenvalue weighted by Gasteiger charge is -2.31. The van der Waals surface area contributed by atoms with E-state index in [1.807, 2.05) is 20.8 Å². The minimum absolute atomic E-state index is 0.00629. The van der Waals surface area contributed by atoms with Crippen LogP contribution in [-0.2, 0) is 0 Å². The van der Waals surface area contributed by atoms with Gasteiger partial charge in [0.1, 0.15) is 0 Å². The van der Waals surface area contributed by atoms with Crippen LogP contribution in [0.3, 0.4) is 0 Å². The number of rotatable bonds is 5. The zero-order chi connectivity index (χ0) is 16.2. The topological polar surface area (TPSA) is 58.6 Å². The summed E-state index contributed by atoms with van der Waals surface area (Å²) >= 11 is 12.1. The molecule has 0 saturated carbocycles. The van der Waals surface area contributed by atoms with Gasteiger partial charge in [-0.05, 0) is 24.0 Å². The third-order valence-corrected chi connectivity index (χ3v) is 3.79. The van der Waals surface area contributed by atoms with Crippen LogP contribution in [-0.4, -0.2) is 30.8 Å². The minimum Gasteiger partial charge on any atom is -0.494 e. The first-order chi connectivity index (χ1) is 9.70. The van der Waals surface area contributed by atoms with E-state index in [4.69, 9.17) is 33.0 Å². The molecule has 0 aliphatic rings. The Bertz CT molecular complexity index is 489. The molecular weight excluding hydrogens is 313 g/mol. The SMILES string of the molecule is COc1c(Cl)cc(C(=O)NC(CCO)C(C)(C)C)cc1Cl. The molecule has 6 heteroatoms. The molecule has 1 rings (SSSR count). The number of ether oxygens (including phenoxy) is 1. The van der Waals surface area contributed by atoms with Crippen LogP contribution in [0.2, 0.25) is 10.0 Å². The number of aliphatic hydroxyl groups excluding tert-OH is 1. The van der Waals surface area contributed by atoms with Crippen LogP contribution >= 0.6 is 23.2 Å². The van der Waals surface area contributed by atoms with Crippen LogP contribution in [0, 0.1) is 5.41 Å². The van der Waals surface area contributed by atoms with Crippen molar-refractivity contribution in [1.29, 1.82) is 0 Å². The molecule has 0 radical (unpaired) electrons. The van der Waals surface area contributed by atoms with Crippen LogP contribution in [0.15, 0.2) is 12.1 Å². The highest BCUT2D eigenvalue weighted by Crippen LogP contribution is 2.34. The van der Waals surface area contributed by atoms with E-state index in [-0.39, 0.29) is 34.0 Å². The van der Waals surface area contributed by atoms with Gasteiger partial charge in [0.2, 0.25) is 0 Å². The molecule has 0 saturated heterocycles. The summed E-state index contributed by atoms with van der Waals surface area (Å²) in [5.41, 5.74) is 0.191. The van der Waals surface area contributed by atoms with Crippen molar-refractivity contribution in [3.8, 4) is 5.75 Å². The fraction of sp³-hybridized carbons (Fsp3) is 0.533. The van der Waals surface area contributed by atoms with E-state index in [0.717, 1.165) is 0 Å². The van der Waals surface area contributed by atoms with Gasteiger partial charge < -0.3 is 15.2 Å². The van der Waals surface area contributed by atoms with Crippen molar-refractivity contribution in [1.82, 2.24) is 5.32 Å². The maximum atomic E-state index is 12.3. The van der Waals surface area contributed by atoms with E-state index in [1.165, 1.54) is 19.2 Å². The van der Waals surface area contributed by atoms with Crippen LogP contribution in [0.4, 0.5) is 0 Å². The first-order valence-corrected chi connectivity index (χ1v) is 7.41. The molecule has 0 heterocycles. The Balaban J connectivity index is 2.98. The fourth-order valence-corrected chi connectivity index (χ4v) is 2.62. The lowest BCUT2D eigenvalue weighted by atomic mass is 9.85. The van der Waals surface area contributed by atoms with Crippen LogP contribution in [0.5, 0.6) is 5.75 Å². The predicted octanol–water partition coefficient (Wildman–Crippen LogP) is 3.53. The number of hydrogen-bond donors (Lipinski definition) is 2. The van der Waals surface area contributed by atoms with E-state index in [2.05, 4.69) is 5.32 Å². The largest absolute Gasteiger partial charge is 0.494 e. The first-order valence-electron chi connectivity index (χ1n) is 6.65. The molecule has 0 aromatic heterocycles. The van der Waals surface area contributed by atoms with Crippen LogP contribution < -0.4 is 10.1 Å². The van der Waals surface area contributed by atoms with Gasteiger partial charge in [-0.1, -0.05) is 44.0 Å². The highest BCUT2D eigenvalue weighted by molar-refractivity contribution is 6.37. The van der Waals surface area contributed by atoms with Gasteiger partial charge in [0.25, 0.3) is 5.91 Å². The molecule has 21 heavy (non-hydrogen) atoms. The summed E-state index contributed by atoms with van der Waals surface area (Å²) in [4.78, 5) is 12.3. The quantitative estimate of drug-likeness (QED) is 0.866. The summed E-state index contributed by atoms with van der Waals surface area (Å²) in [6, 6.07) is 2.87. The van der Waals surface area contributed by atoms with Crippen molar-refractivity contribution in [2.45, 2.75) is 33.2 Å². The van der Waals surface area contributed by atoms with Crippen LogP contribution in [0.1, 0.15) is 37.6 Å². The molecule has 0 spiro atoms. The Morgan fingerprint density at radius 3 is 2.24 bits per heavy atom. The molecule has 0 bridgehead atoms. The second kappa shape index (κ2) is 7.34. The predicted molar refractivity (Wildman–Crippen MR) is 85.4 cm³/mol. The first kappa shape index (κ1) is 18.1. The van der Waals surface area contributed by atoms with Gasteiger partial charge in [0.15, 0.2) is 5.75 Å². The lowest BCUT2D eigenvalue weighted by molar-refractivity contribution is 0.0885. The van der Waals surface area contributed by atoms with E-state index >= 15 is 0 Å². The molecular formula is C15H21Cl2NO3. The zero-order valence-electron chi connectivity index (χ0n) is 12.7. The molecule has 1 aromatic carbocycles. The molecule has 2 N–H and O–H groups in total. The van der Waals surface area contributed by atoms with Gasteiger partial charge in [-0.25, -0.2) is 0 Å². The molecule has 1 amide bonds. The van der Waals surface area contributed by atoms with Gasteiger partial charge in [-0.3, -0.25) is 4.79 Å². The second-order valence-electron chi connectivity index (χ2n) is 5.88. The number of carbonyl (C=O) groups is 1. The highest BCUT2D eigenvalue weighted by Gasteiger charge is 2.26. The summed E-state index contributed by atoms with van der Waals surface area (Å²) in [7, 11) is 1.46. The summed E-state index contributed by atoms with van der Waals surface area (Å²) < 4.78 is 5.06. The van der Waals surface area contributed by atoms with E-state index in [1.54, 1.807) is 0 Å². The fourth-order valence-electron chi connectivity index (χ4n) is 1.98. The van der Waals surface area contributed by atoms with Crippen molar-refractivity contribution in [3.63, 3.8) is 0 Å². The van der Waals surface area contributed by atoms with Crippen molar-refractivity contribution < 1.29 is 14.6 Å². The third kappa shape index (κ3) is 4.77. The van der Waals surface area contributed by atoms with Gasteiger partial charge in [0, 0.05) is 18.2 Å². The van der Waals surface area contributed by atoms with Crippen molar-refractivity contribution in [2.24, 2.45) is 5.41 Å². The molecule has 0 aliphatic heterocycles.